The van der Waals surface area contributed by atoms with E-state index in [1.54, 1.807) is 7.11 Å². The van der Waals surface area contributed by atoms with Gasteiger partial charge >= 0.3 is 0 Å². The number of isocyanates is 1. The summed E-state index contributed by atoms with van der Waals surface area (Å²) in [5.41, 5.74) is 0.818. The van der Waals surface area contributed by atoms with Crippen LogP contribution in [0.5, 0.6) is 0 Å². The number of nitrogens with zero attached hydrogens (tertiary/aromatic N) is 1. The molecule has 80 valence electrons. The summed E-state index contributed by atoms with van der Waals surface area (Å²) in [6.45, 7) is 1.07. The van der Waals surface area contributed by atoms with Gasteiger partial charge in [0.1, 0.15) is 11.5 Å². The molecule has 0 heterocycles. The highest BCUT2D eigenvalue weighted by atomic mass is 19.1. The van der Waals surface area contributed by atoms with Gasteiger partial charge < -0.3 is 10.1 Å². The molecule has 0 unspecified atom stereocenters. The number of aliphatic imine (C=N–C) groups is 1. The largest absolute Gasteiger partial charge is 0.383 e. The van der Waals surface area contributed by atoms with Crippen LogP contribution in [0.25, 0.3) is 0 Å². The zero-order valence-corrected chi connectivity index (χ0v) is 8.29. The van der Waals surface area contributed by atoms with Crippen LogP contribution in [0.4, 0.5) is 15.8 Å². The van der Waals surface area contributed by atoms with E-state index in [0.717, 1.165) is 0 Å². The molecule has 0 atom stereocenters. The Morgan fingerprint density at radius 1 is 1.60 bits per heavy atom. The molecule has 1 aromatic rings. The maximum Gasteiger partial charge on any atom is 0.240 e. The van der Waals surface area contributed by atoms with Crippen molar-refractivity contribution in [3.05, 3.63) is 24.0 Å². The quantitative estimate of drug-likeness (QED) is 0.458. The molecule has 0 aliphatic carbocycles. The number of hydrogen-bond donors (Lipinski definition) is 1. The number of rotatable bonds is 5. The maximum absolute atomic E-state index is 12.8. The molecule has 15 heavy (non-hydrogen) atoms. The molecule has 0 aliphatic heterocycles. The minimum atomic E-state index is -0.443. The van der Waals surface area contributed by atoms with Crippen molar-refractivity contribution in [1.82, 2.24) is 0 Å². The first kappa shape index (κ1) is 11.4. The molecule has 4 nitrogen and oxygen atoms in total. The number of hydrogen-bond acceptors (Lipinski definition) is 4. The highest BCUT2D eigenvalue weighted by Crippen LogP contribution is 2.24. The fourth-order valence-electron chi connectivity index (χ4n) is 1.08. The molecule has 0 radical (unpaired) electrons. The third kappa shape index (κ3) is 3.50. The Hall–Kier alpha value is -1.71. The molecular weight excluding hydrogens is 199 g/mol. The van der Waals surface area contributed by atoms with E-state index in [9.17, 15) is 9.18 Å². The summed E-state index contributed by atoms with van der Waals surface area (Å²) in [6, 6.07) is 3.97. The predicted molar refractivity (Wildman–Crippen MR) is 54.5 cm³/mol. The second-order valence-corrected chi connectivity index (χ2v) is 2.78. The molecule has 0 fully saturated rings. The van der Waals surface area contributed by atoms with Gasteiger partial charge in [0, 0.05) is 19.7 Å². The van der Waals surface area contributed by atoms with Gasteiger partial charge in [0.05, 0.1) is 12.3 Å². The van der Waals surface area contributed by atoms with E-state index in [2.05, 4.69) is 10.3 Å². The molecule has 1 aromatic carbocycles. The molecule has 0 amide bonds. The van der Waals surface area contributed by atoms with Crippen molar-refractivity contribution in [2.24, 2.45) is 4.99 Å². The predicted octanol–water partition coefficient (Wildman–Crippen LogP) is 1.85. The molecule has 0 saturated heterocycles. The number of anilines is 1. The SMILES string of the molecule is COCCNc1ccc(F)cc1N=C=O. The first-order valence-electron chi connectivity index (χ1n) is 4.38. The molecule has 1 N–H and O–H groups in total. The molecule has 0 aromatic heterocycles. The second kappa shape index (κ2) is 5.90. The van der Waals surface area contributed by atoms with Crippen LogP contribution >= 0.6 is 0 Å². The van der Waals surface area contributed by atoms with Gasteiger partial charge in [0.25, 0.3) is 0 Å². The number of halogens is 1. The van der Waals surface area contributed by atoms with Crippen LogP contribution in [0.15, 0.2) is 23.2 Å². The molecular formula is C10H11FN2O2. The van der Waals surface area contributed by atoms with Crippen LogP contribution in [0.1, 0.15) is 0 Å². The molecule has 1 rings (SSSR count). The summed E-state index contributed by atoms with van der Waals surface area (Å²) in [7, 11) is 1.58. The Labute approximate surface area is 86.8 Å². The zero-order chi connectivity index (χ0) is 11.1. The second-order valence-electron chi connectivity index (χ2n) is 2.78. The number of benzene rings is 1. The fourth-order valence-corrected chi connectivity index (χ4v) is 1.08. The number of methoxy groups -OCH3 is 1. The van der Waals surface area contributed by atoms with Crippen molar-refractivity contribution in [2.45, 2.75) is 0 Å². The maximum atomic E-state index is 12.8. The van der Waals surface area contributed by atoms with Gasteiger partial charge in [-0.1, -0.05) is 0 Å². The van der Waals surface area contributed by atoms with Gasteiger partial charge in [-0.3, -0.25) is 0 Å². The van der Waals surface area contributed by atoms with Gasteiger partial charge in [0.15, 0.2) is 0 Å². The van der Waals surface area contributed by atoms with Crippen LogP contribution in [0, 0.1) is 5.82 Å². The van der Waals surface area contributed by atoms with E-state index < -0.39 is 5.82 Å². The molecule has 0 aliphatic rings. The third-order valence-corrected chi connectivity index (χ3v) is 1.75. The van der Waals surface area contributed by atoms with Crippen LogP contribution in [-0.4, -0.2) is 26.3 Å². The Morgan fingerprint density at radius 3 is 3.07 bits per heavy atom. The standard InChI is InChI=1S/C10H11FN2O2/c1-15-5-4-12-9-3-2-8(11)6-10(9)13-7-14/h2-3,6,12H,4-5H2,1H3. The Kier molecular flexibility index (Phi) is 4.47. The number of ether oxygens (including phenoxy) is 1. The normalized spacial score (nSPS) is 9.47. The van der Waals surface area contributed by atoms with Crippen LogP contribution in [0.2, 0.25) is 0 Å². The summed E-state index contributed by atoms with van der Waals surface area (Å²) in [4.78, 5) is 13.5. The highest BCUT2D eigenvalue weighted by molar-refractivity contribution is 5.68. The van der Waals surface area contributed by atoms with Crippen LogP contribution in [0.3, 0.4) is 0 Å². The first-order valence-corrected chi connectivity index (χ1v) is 4.38. The van der Waals surface area contributed by atoms with Gasteiger partial charge in [-0.25, -0.2) is 9.18 Å². The average Bonchev–Trinajstić information content (AvgIpc) is 2.22. The van der Waals surface area contributed by atoms with Crippen molar-refractivity contribution < 1.29 is 13.9 Å². The smallest absolute Gasteiger partial charge is 0.240 e. The van der Waals surface area contributed by atoms with E-state index in [0.29, 0.717) is 18.8 Å². The first-order chi connectivity index (χ1) is 7.27. The molecule has 0 saturated carbocycles. The lowest BCUT2D eigenvalue weighted by Crippen LogP contribution is -2.07. The molecule has 0 spiro atoms. The van der Waals surface area contributed by atoms with Gasteiger partial charge in [-0.2, -0.15) is 4.99 Å². The number of carbonyl (C=O) groups excluding carboxylic acids is 1. The van der Waals surface area contributed by atoms with Crippen molar-refractivity contribution in [1.29, 1.82) is 0 Å². The van der Waals surface area contributed by atoms with Crippen molar-refractivity contribution >= 4 is 17.5 Å². The monoisotopic (exact) mass is 210 g/mol. The summed E-state index contributed by atoms with van der Waals surface area (Å²) in [5.74, 6) is -0.443. The van der Waals surface area contributed by atoms with E-state index in [1.807, 2.05) is 0 Å². The lowest BCUT2D eigenvalue weighted by atomic mass is 10.2. The fraction of sp³-hybridized carbons (Fsp3) is 0.300. The lowest BCUT2D eigenvalue weighted by Gasteiger charge is -2.07. The molecule has 0 bridgehead atoms. The van der Waals surface area contributed by atoms with Crippen LogP contribution < -0.4 is 5.32 Å². The summed E-state index contributed by atoms with van der Waals surface area (Å²) < 4.78 is 17.7. The minimum absolute atomic E-state index is 0.237. The van der Waals surface area contributed by atoms with Gasteiger partial charge in [-0.15, -0.1) is 0 Å². The van der Waals surface area contributed by atoms with E-state index in [-0.39, 0.29) is 5.69 Å². The summed E-state index contributed by atoms with van der Waals surface area (Å²) in [6.07, 6.45) is 1.38. The Balaban J connectivity index is 2.81. The topological polar surface area (TPSA) is 50.7 Å². The minimum Gasteiger partial charge on any atom is -0.383 e. The van der Waals surface area contributed by atoms with Crippen molar-refractivity contribution in [3.8, 4) is 0 Å². The number of nitrogens with one attached hydrogen (secondary N) is 1. The average molecular weight is 210 g/mol. The lowest BCUT2D eigenvalue weighted by molar-refractivity contribution is 0.211. The van der Waals surface area contributed by atoms with E-state index in [4.69, 9.17) is 4.74 Å². The zero-order valence-electron chi connectivity index (χ0n) is 8.29. The van der Waals surface area contributed by atoms with Gasteiger partial charge in [0.2, 0.25) is 6.08 Å². The Bertz CT molecular complexity index is 376. The highest BCUT2D eigenvalue weighted by Gasteiger charge is 2.02. The summed E-state index contributed by atoms with van der Waals surface area (Å²) >= 11 is 0. The van der Waals surface area contributed by atoms with Crippen molar-refractivity contribution in [2.75, 3.05) is 25.6 Å². The van der Waals surface area contributed by atoms with Crippen LogP contribution in [-0.2, 0) is 9.53 Å². The van der Waals surface area contributed by atoms with Crippen molar-refractivity contribution in [3.63, 3.8) is 0 Å². The summed E-state index contributed by atoms with van der Waals surface area (Å²) in [5, 5.41) is 2.96. The van der Waals surface area contributed by atoms with E-state index in [1.165, 1.54) is 24.3 Å². The Morgan fingerprint density at radius 2 is 2.40 bits per heavy atom. The van der Waals surface area contributed by atoms with Gasteiger partial charge in [-0.05, 0) is 12.1 Å². The third-order valence-electron chi connectivity index (χ3n) is 1.75. The van der Waals surface area contributed by atoms with E-state index >= 15 is 0 Å². The molecule has 5 heteroatoms.